The summed E-state index contributed by atoms with van der Waals surface area (Å²) in [4.78, 5) is 25.1. The van der Waals surface area contributed by atoms with E-state index in [1.54, 1.807) is 36.4 Å². The summed E-state index contributed by atoms with van der Waals surface area (Å²) < 4.78 is 62.8. The first-order valence-electron chi connectivity index (χ1n) is 12.1. The maximum Gasteiger partial charge on any atom is 0.453 e. The van der Waals surface area contributed by atoms with E-state index in [9.17, 15) is 22.8 Å². The highest BCUT2D eigenvalue weighted by molar-refractivity contribution is 5.80. The van der Waals surface area contributed by atoms with Gasteiger partial charge in [0.05, 0.1) is 5.39 Å². The van der Waals surface area contributed by atoms with Gasteiger partial charge in [0.1, 0.15) is 23.7 Å². The Morgan fingerprint density at radius 1 is 0.775 bits per heavy atom. The van der Waals surface area contributed by atoms with Crippen LogP contribution in [-0.4, -0.2) is 12.6 Å². The van der Waals surface area contributed by atoms with Gasteiger partial charge in [-0.2, -0.15) is 13.2 Å². The van der Waals surface area contributed by atoms with E-state index in [2.05, 4.69) is 0 Å². The molecule has 0 saturated heterocycles. The van der Waals surface area contributed by atoms with Crippen LogP contribution in [0.1, 0.15) is 11.3 Å². The second-order valence-electron chi connectivity index (χ2n) is 8.67. The lowest BCUT2D eigenvalue weighted by atomic mass is 10.1. The van der Waals surface area contributed by atoms with E-state index in [4.69, 9.17) is 18.6 Å². The standard InChI is InChI=1S/C31H21F3O6/c32-31(33,34)30-29(39-23-13-11-22(12-14-23)21-9-5-2-6-10-21)28(36)25-16-15-24(17-26(25)40-30)37-19-27(35)38-18-20-7-3-1-4-8-20/h1-17H,18-19H2. The Balaban J connectivity index is 1.36. The van der Waals surface area contributed by atoms with Crippen molar-refractivity contribution >= 4 is 16.9 Å². The number of ether oxygens (including phenoxy) is 3. The van der Waals surface area contributed by atoms with Gasteiger partial charge in [-0.25, -0.2) is 4.79 Å². The summed E-state index contributed by atoms with van der Waals surface area (Å²) in [6, 6.07) is 28.4. The molecule has 0 amide bonds. The van der Waals surface area contributed by atoms with Crippen LogP contribution in [0.25, 0.3) is 22.1 Å². The van der Waals surface area contributed by atoms with Gasteiger partial charge in [-0.15, -0.1) is 0 Å². The van der Waals surface area contributed by atoms with Crippen LogP contribution in [0.5, 0.6) is 17.2 Å². The van der Waals surface area contributed by atoms with Gasteiger partial charge in [0.25, 0.3) is 5.76 Å². The van der Waals surface area contributed by atoms with Crippen LogP contribution < -0.4 is 14.9 Å². The Bertz CT molecular complexity index is 1680. The van der Waals surface area contributed by atoms with Gasteiger partial charge in [-0.3, -0.25) is 4.79 Å². The van der Waals surface area contributed by atoms with Crippen molar-refractivity contribution in [2.45, 2.75) is 12.8 Å². The van der Waals surface area contributed by atoms with Crippen molar-refractivity contribution in [2.75, 3.05) is 6.61 Å². The monoisotopic (exact) mass is 546 g/mol. The Morgan fingerprint density at radius 3 is 2.08 bits per heavy atom. The second-order valence-corrected chi connectivity index (χ2v) is 8.67. The first-order chi connectivity index (χ1) is 19.3. The molecule has 0 atom stereocenters. The van der Waals surface area contributed by atoms with E-state index in [1.165, 1.54) is 24.3 Å². The molecule has 40 heavy (non-hydrogen) atoms. The normalized spacial score (nSPS) is 11.3. The number of alkyl halides is 3. The zero-order valence-corrected chi connectivity index (χ0v) is 20.8. The van der Waals surface area contributed by atoms with Crippen molar-refractivity contribution in [1.29, 1.82) is 0 Å². The summed E-state index contributed by atoms with van der Waals surface area (Å²) >= 11 is 0. The van der Waals surface area contributed by atoms with E-state index < -0.39 is 35.7 Å². The highest BCUT2D eigenvalue weighted by atomic mass is 19.4. The van der Waals surface area contributed by atoms with Gasteiger partial charge >= 0.3 is 12.1 Å². The predicted octanol–water partition coefficient (Wildman–Crippen LogP) is 7.39. The smallest absolute Gasteiger partial charge is 0.453 e. The number of hydrogen-bond donors (Lipinski definition) is 0. The Hall–Kier alpha value is -5.05. The van der Waals surface area contributed by atoms with E-state index in [-0.39, 0.29) is 29.1 Å². The molecule has 1 aromatic heterocycles. The third-order valence-electron chi connectivity index (χ3n) is 5.86. The van der Waals surface area contributed by atoms with Crippen molar-refractivity contribution in [1.82, 2.24) is 0 Å². The summed E-state index contributed by atoms with van der Waals surface area (Å²) in [7, 11) is 0. The van der Waals surface area contributed by atoms with Gasteiger partial charge < -0.3 is 18.6 Å². The van der Waals surface area contributed by atoms with Crippen LogP contribution in [0, 0.1) is 0 Å². The SMILES string of the molecule is O=C(COc1ccc2c(=O)c(Oc3ccc(-c4ccccc4)cc3)c(C(F)(F)F)oc2c1)OCc1ccccc1. The Labute approximate surface area is 226 Å². The summed E-state index contributed by atoms with van der Waals surface area (Å²) in [5, 5.41) is -0.150. The van der Waals surface area contributed by atoms with Gasteiger partial charge in [0.2, 0.25) is 11.2 Å². The molecule has 1 heterocycles. The maximum atomic E-state index is 13.9. The molecule has 0 aliphatic heterocycles. The van der Waals surface area contributed by atoms with Crippen molar-refractivity contribution in [3.63, 3.8) is 0 Å². The number of carbonyl (C=O) groups is 1. The topological polar surface area (TPSA) is 75.0 Å². The number of hydrogen-bond acceptors (Lipinski definition) is 6. The number of esters is 1. The molecule has 0 N–H and O–H groups in total. The minimum absolute atomic E-state index is 0.0191. The molecule has 9 heteroatoms. The molecule has 6 nitrogen and oxygen atoms in total. The van der Waals surface area contributed by atoms with Gasteiger partial charge in [0.15, 0.2) is 6.61 Å². The highest BCUT2D eigenvalue weighted by Crippen LogP contribution is 2.39. The van der Waals surface area contributed by atoms with Crippen LogP contribution in [-0.2, 0) is 22.3 Å². The van der Waals surface area contributed by atoms with Crippen molar-refractivity contribution in [3.8, 4) is 28.4 Å². The number of fused-ring (bicyclic) bond motifs is 1. The summed E-state index contributed by atoms with van der Waals surface area (Å²) in [6.07, 6.45) is -5.02. The number of halogens is 3. The third-order valence-corrected chi connectivity index (χ3v) is 5.86. The molecule has 0 unspecified atom stereocenters. The van der Waals surface area contributed by atoms with Crippen LogP contribution in [0.2, 0.25) is 0 Å². The largest absolute Gasteiger partial charge is 0.482 e. The lowest BCUT2D eigenvalue weighted by molar-refractivity contribution is -0.154. The van der Waals surface area contributed by atoms with Gasteiger partial charge in [-0.1, -0.05) is 72.8 Å². The molecule has 0 radical (unpaired) electrons. The predicted molar refractivity (Wildman–Crippen MR) is 141 cm³/mol. The maximum absolute atomic E-state index is 13.9. The lowest BCUT2D eigenvalue weighted by Crippen LogP contribution is -2.16. The number of rotatable bonds is 8. The average molecular weight is 546 g/mol. The summed E-state index contributed by atoms with van der Waals surface area (Å²) in [6.45, 7) is -0.447. The first kappa shape index (κ1) is 26.6. The molecule has 5 rings (SSSR count). The highest BCUT2D eigenvalue weighted by Gasteiger charge is 2.40. The molecular formula is C31H21F3O6. The minimum atomic E-state index is -5.02. The number of benzene rings is 4. The third kappa shape index (κ3) is 6.15. The van der Waals surface area contributed by atoms with Crippen LogP contribution in [0.4, 0.5) is 13.2 Å². The molecule has 4 aromatic carbocycles. The van der Waals surface area contributed by atoms with Crippen LogP contribution in [0.15, 0.2) is 112 Å². The van der Waals surface area contributed by atoms with E-state index >= 15 is 0 Å². The molecule has 0 fully saturated rings. The molecule has 5 aromatic rings. The fourth-order valence-electron chi connectivity index (χ4n) is 3.91. The molecule has 202 valence electrons. The first-order valence-corrected chi connectivity index (χ1v) is 12.1. The summed E-state index contributed by atoms with van der Waals surface area (Å²) in [5.74, 6) is -3.19. The van der Waals surface area contributed by atoms with Gasteiger partial charge in [-0.05, 0) is 41.0 Å². The van der Waals surface area contributed by atoms with Crippen LogP contribution >= 0.6 is 0 Å². The zero-order chi connectivity index (χ0) is 28.1. The Kier molecular flexibility index (Phi) is 7.54. The van der Waals surface area contributed by atoms with Gasteiger partial charge in [0, 0.05) is 6.07 Å². The lowest BCUT2D eigenvalue weighted by Gasteiger charge is -2.14. The van der Waals surface area contributed by atoms with Crippen molar-refractivity contribution < 1.29 is 36.6 Å². The fraction of sp³-hybridized carbons (Fsp3) is 0.0968. The molecule has 0 aliphatic rings. The fourth-order valence-corrected chi connectivity index (χ4v) is 3.91. The molecule has 0 saturated carbocycles. The minimum Gasteiger partial charge on any atom is -0.482 e. The number of carbonyl (C=O) groups excluding carboxylic acids is 1. The van der Waals surface area contributed by atoms with E-state index in [0.717, 1.165) is 22.8 Å². The second kappa shape index (κ2) is 11.4. The van der Waals surface area contributed by atoms with E-state index in [1.807, 2.05) is 36.4 Å². The molecule has 0 bridgehead atoms. The molecule has 0 aliphatic carbocycles. The zero-order valence-electron chi connectivity index (χ0n) is 20.8. The quantitative estimate of drug-likeness (QED) is 0.189. The van der Waals surface area contributed by atoms with Crippen molar-refractivity contribution in [3.05, 3.63) is 125 Å². The van der Waals surface area contributed by atoms with Crippen LogP contribution in [0.3, 0.4) is 0 Å². The van der Waals surface area contributed by atoms with E-state index in [0.29, 0.717) is 0 Å². The average Bonchev–Trinajstić information content (AvgIpc) is 2.97. The molecule has 0 spiro atoms. The summed E-state index contributed by atoms with van der Waals surface area (Å²) in [5.41, 5.74) is 1.14. The van der Waals surface area contributed by atoms with Crippen molar-refractivity contribution in [2.24, 2.45) is 0 Å². The Morgan fingerprint density at radius 2 is 1.40 bits per heavy atom. The molecular weight excluding hydrogens is 525 g/mol.